The highest BCUT2D eigenvalue weighted by molar-refractivity contribution is 5.89. The van der Waals surface area contributed by atoms with Gasteiger partial charge in [-0.1, -0.05) is 20.4 Å². The van der Waals surface area contributed by atoms with Gasteiger partial charge in [0.05, 0.1) is 17.2 Å². The Hall–Kier alpha value is -5.13. The summed E-state index contributed by atoms with van der Waals surface area (Å²) < 4.78 is 23.2. The molecule has 6 rings (SSSR count). The highest BCUT2D eigenvalue weighted by Gasteiger charge is 2.32. The van der Waals surface area contributed by atoms with Crippen LogP contribution < -0.4 is 15.0 Å². The van der Waals surface area contributed by atoms with Gasteiger partial charge in [0.2, 0.25) is 5.91 Å². The van der Waals surface area contributed by atoms with Crippen LogP contribution in [0.1, 0.15) is 19.4 Å². The van der Waals surface area contributed by atoms with Gasteiger partial charge in [0, 0.05) is 37.5 Å². The molecule has 11 nitrogen and oxygen atoms in total. The number of nitrogens with zero attached hydrogens (tertiary/aromatic N) is 8. The lowest BCUT2D eigenvalue weighted by Crippen LogP contribution is -2.57. The molecule has 0 aliphatic carbocycles. The average molecular weight is 568 g/mol. The van der Waals surface area contributed by atoms with Gasteiger partial charge in [0.15, 0.2) is 17.3 Å². The third-order valence-corrected chi connectivity index (χ3v) is 7.51. The van der Waals surface area contributed by atoms with E-state index in [2.05, 4.69) is 50.7 Å². The quantitative estimate of drug-likeness (QED) is 0.274. The van der Waals surface area contributed by atoms with Crippen molar-refractivity contribution in [3.8, 4) is 11.5 Å². The van der Waals surface area contributed by atoms with E-state index in [0.29, 0.717) is 59.2 Å². The highest BCUT2D eigenvalue weighted by atomic mass is 19.1. The molecule has 5 heterocycles. The van der Waals surface area contributed by atoms with Crippen LogP contribution in [0, 0.1) is 18.7 Å². The van der Waals surface area contributed by atoms with Gasteiger partial charge in [-0.05, 0) is 49.2 Å². The Bertz CT molecular complexity index is 1810. The lowest BCUT2D eigenvalue weighted by molar-refractivity contribution is -0.129. The Morgan fingerprint density at radius 1 is 1.14 bits per heavy atom. The molecule has 42 heavy (non-hydrogen) atoms. The molecule has 0 spiro atoms. The van der Waals surface area contributed by atoms with Crippen LogP contribution in [0.2, 0.25) is 0 Å². The van der Waals surface area contributed by atoms with E-state index in [1.54, 1.807) is 41.9 Å². The summed E-state index contributed by atoms with van der Waals surface area (Å²) in [7, 11) is 0. The number of nitrogens with one attached hydrogen (secondary N) is 1. The first-order chi connectivity index (χ1) is 20.3. The number of hydrogen-bond acceptors (Lipinski definition) is 9. The van der Waals surface area contributed by atoms with Crippen molar-refractivity contribution in [2.24, 2.45) is 5.92 Å². The number of amides is 1. The van der Waals surface area contributed by atoms with Crippen molar-refractivity contribution < 1.29 is 13.9 Å². The summed E-state index contributed by atoms with van der Waals surface area (Å²) in [6, 6.07) is 10.6. The first-order valence-electron chi connectivity index (χ1n) is 13.7. The number of halogens is 1. The van der Waals surface area contributed by atoms with Gasteiger partial charge in [0.1, 0.15) is 35.5 Å². The molecular weight excluding hydrogens is 537 g/mol. The molecule has 1 amide bonds. The van der Waals surface area contributed by atoms with Crippen molar-refractivity contribution in [3.05, 3.63) is 79.3 Å². The third-order valence-electron chi connectivity index (χ3n) is 7.51. The zero-order valence-corrected chi connectivity index (χ0v) is 23.5. The summed E-state index contributed by atoms with van der Waals surface area (Å²) in [4.78, 5) is 34.2. The third kappa shape index (κ3) is 5.06. The van der Waals surface area contributed by atoms with Crippen LogP contribution in [0.15, 0.2) is 67.9 Å². The predicted octanol–water partition coefficient (Wildman–Crippen LogP) is 4.91. The molecule has 0 unspecified atom stereocenters. The summed E-state index contributed by atoms with van der Waals surface area (Å²) in [6.45, 7) is 11.3. The topological polar surface area (TPSA) is 114 Å². The lowest BCUT2D eigenvalue weighted by Gasteiger charge is -2.43. The number of carbonyl (C=O) groups excluding carboxylic acids is 1. The molecule has 1 aromatic carbocycles. The number of ether oxygens (including phenoxy) is 1. The zero-order chi connectivity index (χ0) is 29.4. The summed E-state index contributed by atoms with van der Waals surface area (Å²) in [5.41, 5.74) is 2.33. The molecule has 1 saturated heterocycles. The van der Waals surface area contributed by atoms with Crippen molar-refractivity contribution in [2.45, 2.75) is 26.8 Å². The molecule has 1 N–H and O–H groups in total. The molecule has 0 radical (unpaired) electrons. The molecule has 1 fully saturated rings. The number of rotatable bonds is 7. The van der Waals surface area contributed by atoms with Gasteiger partial charge in [-0.15, -0.1) is 0 Å². The number of pyridine rings is 2. The van der Waals surface area contributed by atoms with E-state index in [1.165, 1.54) is 18.7 Å². The monoisotopic (exact) mass is 567 g/mol. The minimum Gasteiger partial charge on any atom is -0.457 e. The second kappa shape index (κ2) is 11.0. The van der Waals surface area contributed by atoms with E-state index >= 15 is 4.39 Å². The minimum absolute atomic E-state index is 0.0162. The fraction of sp³-hybridized carbons (Fsp3) is 0.267. The molecule has 5 aromatic rings. The van der Waals surface area contributed by atoms with Crippen molar-refractivity contribution in [3.63, 3.8) is 0 Å². The van der Waals surface area contributed by atoms with E-state index in [9.17, 15) is 4.79 Å². The van der Waals surface area contributed by atoms with Crippen molar-refractivity contribution in [2.75, 3.05) is 29.9 Å². The first-order valence-corrected chi connectivity index (χ1v) is 13.7. The smallest absolute Gasteiger partial charge is 0.246 e. The SMILES string of the molecule is C=CC(=O)N1CCN(c2ccc3ncnc(Nc4ccc(Oc5ccn6ncnc6c5)c(C)c4F)c3n2)C[C@H]1C(C)C. The maximum absolute atomic E-state index is 15.6. The van der Waals surface area contributed by atoms with E-state index < -0.39 is 5.82 Å². The summed E-state index contributed by atoms with van der Waals surface area (Å²) in [6.07, 6.45) is 5.97. The standard InChI is InChI=1S/C30H30FN9O2/c1-5-27(41)39-13-12-38(15-23(39)18(2)3)25-9-7-22-29(37-25)30(34-16-32-22)36-21-6-8-24(19(4)28(21)31)42-20-10-11-40-26(14-20)33-17-35-40/h5-11,14,16-18,23H,1,12-13,15H2,2-4H3,(H,32,34,36)/t23-/m0/s1. The number of benzene rings is 1. The maximum Gasteiger partial charge on any atom is 0.246 e. The Labute approximate surface area is 241 Å². The maximum atomic E-state index is 15.6. The Balaban J connectivity index is 1.26. The van der Waals surface area contributed by atoms with Crippen LogP contribution in [0.3, 0.4) is 0 Å². The molecule has 12 heteroatoms. The van der Waals surface area contributed by atoms with Crippen molar-refractivity contribution in [1.29, 1.82) is 0 Å². The molecule has 0 bridgehead atoms. The number of fused-ring (bicyclic) bond motifs is 2. The van der Waals surface area contributed by atoms with Crippen molar-refractivity contribution in [1.82, 2.24) is 34.4 Å². The number of anilines is 3. The van der Waals surface area contributed by atoms with Crippen LogP contribution in [0.5, 0.6) is 11.5 Å². The molecule has 0 saturated carbocycles. The summed E-state index contributed by atoms with van der Waals surface area (Å²) in [5, 5.41) is 7.18. The largest absolute Gasteiger partial charge is 0.457 e. The van der Waals surface area contributed by atoms with Gasteiger partial charge in [-0.25, -0.2) is 28.8 Å². The van der Waals surface area contributed by atoms with Gasteiger partial charge in [-0.3, -0.25) is 4.79 Å². The van der Waals surface area contributed by atoms with E-state index in [1.807, 2.05) is 17.0 Å². The van der Waals surface area contributed by atoms with E-state index in [4.69, 9.17) is 9.72 Å². The van der Waals surface area contributed by atoms with Gasteiger partial charge in [-0.2, -0.15) is 5.10 Å². The van der Waals surface area contributed by atoms with Crippen LogP contribution in [0.25, 0.3) is 16.7 Å². The Morgan fingerprint density at radius 2 is 2.00 bits per heavy atom. The highest BCUT2D eigenvalue weighted by Crippen LogP contribution is 2.33. The zero-order valence-electron chi connectivity index (χ0n) is 23.5. The van der Waals surface area contributed by atoms with Crippen LogP contribution >= 0.6 is 0 Å². The van der Waals surface area contributed by atoms with Gasteiger partial charge < -0.3 is 19.9 Å². The number of aromatic nitrogens is 6. The summed E-state index contributed by atoms with van der Waals surface area (Å²) in [5.74, 6) is 1.73. The fourth-order valence-corrected chi connectivity index (χ4v) is 5.17. The second-order valence-electron chi connectivity index (χ2n) is 10.5. The fourth-order valence-electron chi connectivity index (χ4n) is 5.17. The van der Waals surface area contributed by atoms with Crippen LogP contribution in [0.4, 0.5) is 21.7 Å². The molecule has 1 aliphatic heterocycles. The number of hydrogen-bond donors (Lipinski definition) is 1. The second-order valence-corrected chi connectivity index (χ2v) is 10.5. The number of carbonyl (C=O) groups is 1. The number of piperazine rings is 1. The molecule has 214 valence electrons. The molecular formula is C30H30FN9O2. The van der Waals surface area contributed by atoms with Crippen LogP contribution in [-0.4, -0.2) is 66.0 Å². The van der Waals surface area contributed by atoms with Gasteiger partial charge in [0.25, 0.3) is 0 Å². The summed E-state index contributed by atoms with van der Waals surface area (Å²) >= 11 is 0. The molecule has 4 aromatic heterocycles. The first kappa shape index (κ1) is 27.1. The van der Waals surface area contributed by atoms with E-state index in [-0.39, 0.29) is 23.6 Å². The minimum atomic E-state index is -0.471. The van der Waals surface area contributed by atoms with Crippen molar-refractivity contribution >= 4 is 39.9 Å². The normalized spacial score (nSPS) is 15.4. The Kier molecular flexibility index (Phi) is 7.11. The molecule has 1 atom stereocenters. The average Bonchev–Trinajstić information content (AvgIpc) is 3.48. The lowest BCUT2D eigenvalue weighted by atomic mass is 9.99. The van der Waals surface area contributed by atoms with Crippen LogP contribution in [-0.2, 0) is 4.79 Å². The van der Waals surface area contributed by atoms with Gasteiger partial charge >= 0.3 is 0 Å². The van der Waals surface area contributed by atoms with E-state index in [0.717, 1.165) is 5.82 Å². The Morgan fingerprint density at radius 3 is 2.81 bits per heavy atom. The molecule has 1 aliphatic rings. The predicted molar refractivity (Wildman–Crippen MR) is 158 cm³/mol.